The van der Waals surface area contributed by atoms with Gasteiger partial charge < -0.3 is 4.90 Å². The fourth-order valence-corrected chi connectivity index (χ4v) is 4.15. The second kappa shape index (κ2) is 8.19. The summed E-state index contributed by atoms with van der Waals surface area (Å²) in [5.41, 5.74) is 0.826. The van der Waals surface area contributed by atoms with Crippen molar-refractivity contribution in [3.8, 4) is 0 Å². The number of hydrogen-bond donors (Lipinski definition) is 0. The van der Waals surface area contributed by atoms with Crippen LogP contribution in [-0.2, 0) is 9.59 Å². The highest BCUT2D eigenvalue weighted by Crippen LogP contribution is 2.33. The van der Waals surface area contributed by atoms with Gasteiger partial charge in [0.05, 0.1) is 4.91 Å². The number of carbonyl (C=O) groups excluding carboxylic acids is 3. The molecule has 0 aliphatic carbocycles. The first-order chi connectivity index (χ1) is 12.1. The number of amides is 3. The van der Waals surface area contributed by atoms with Crippen LogP contribution >= 0.6 is 27.7 Å². The third kappa shape index (κ3) is 4.33. The number of hydrogen-bond acceptors (Lipinski definition) is 4. The Labute approximate surface area is 159 Å². The molecule has 3 rings (SSSR count). The van der Waals surface area contributed by atoms with Crippen LogP contribution in [0.25, 0.3) is 6.08 Å². The quantitative estimate of drug-likeness (QED) is 0.693. The van der Waals surface area contributed by atoms with E-state index in [0.717, 1.165) is 52.4 Å². The first kappa shape index (κ1) is 18.2. The maximum Gasteiger partial charge on any atom is 0.294 e. The molecular weight excluding hydrogens is 404 g/mol. The first-order valence-corrected chi connectivity index (χ1v) is 9.95. The smallest absolute Gasteiger partial charge is 0.294 e. The third-order valence-corrected chi connectivity index (χ3v) is 5.95. The van der Waals surface area contributed by atoms with E-state index in [-0.39, 0.29) is 17.7 Å². The summed E-state index contributed by atoms with van der Waals surface area (Å²) in [5, 5.41) is -0.383. The lowest BCUT2D eigenvalue weighted by molar-refractivity contribution is -0.135. The highest BCUT2D eigenvalue weighted by Gasteiger charge is 2.37. The summed E-state index contributed by atoms with van der Waals surface area (Å²) in [4.78, 5) is 40.4. The third-order valence-electron chi connectivity index (χ3n) is 4.32. The van der Waals surface area contributed by atoms with Crippen LogP contribution in [0.2, 0.25) is 0 Å². The molecule has 7 heteroatoms. The van der Waals surface area contributed by atoms with Crippen molar-refractivity contribution in [2.24, 2.45) is 0 Å². The number of benzene rings is 1. The summed E-state index contributed by atoms with van der Waals surface area (Å²) in [6.45, 7) is 1.25. The zero-order valence-electron chi connectivity index (χ0n) is 13.7. The zero-order valence-corrected chi connectivity index (χ0v) is 16.1. The largest absolute Gasteiger partial charge is 0.341 e. The SMILES string of the molecule is O=C(CN1C(=O)SC(=Cc2ccccc2Br)C1=O)N1CCCCCC1. The fraction of sp³-hybridized carbons (Fsp3) is 0.389. The molecule has 0 radical (unpaired) electrons. The molecule has 2 heterocycles. The molecule has 0 aromatic heterocycles. The molecule has 0 atom stereocenters. The van der Waals surface area contributed by atoms with Gasteiger partial charge in [-0.05, 0) is 42.3 Å². The van der Waals surface area contributed by atoms with Crippen molar-refractivity contribution in [3.63, 3.8) is 0 Å². The second-order valence-electron chi connectivity index (χ2n) is 6.08. The van der Waals surface area contributed by atoms with Crippen LogP contribution in [0.1, 0.15) is 31.2 Å². The summed E-state index contributed by atoms with van der Waals surface area (Å²) in [5.74, 6) is -0.541. The minimum Gasteiger partial charge on any atom is -0.341 e. The maximum atomic E-state index is 12.5. The normalized spacial score (nSPS) is 20.3. The molecule has 1 aromatic rings. The van der Waals surface area contributed by atoms with Crippen molar-refractivity contribution in [2.75, 3.05) is 19.6 Å². The van der Waals surface area contributed by atoms with Crippen molar-refractivity contribution in [1.82, 2.24) is 9.80 Å². The minimum atomic E-state index is -0.395. The number of halogens is 1. The molecule has 2 saturated heterocycles. The molecule has 0 N–H and O–H groups in total. The lowest BCUT2D eigenvalue weighted by atomic mass is 10.2. The number of carbonyl (C=O) groups is 3. The van der Waals surface area contributed by atoms with E-state index in [9.17, 15) is 14.4 Å². The van der Waals surface area contributed by atoms with Gasteiger partial charge in [0, 0.05) is 17.6 Å². The van der Waals surface area contributed by atoms with Crippen LogP contribution in [0.3, 0.4) is 0 Å². The maximum absolute atomic E-state index is 12.5. The number of thioether (sulfide) groups is 1. The van der Waals surface area contributed by atoms with Crippen LogP contribution in [0.5, 0.6) is 0 Å². The summed E-state index contributed by atoms with van der Waals surface area (Å²) in [6, 6.07) is 7.48. The summed E-state index contributed by atoms with van der Waals surface area (Å²) >= 11 is 4.31. The lowest BCUT2D eigenvalue weighted by Gasteiger charge is -2.22. The Balaban J connectivity index is 1.71. The molecule has 1 aromatic carbocycles. The average molecular weight is 423 g/mol. The molecule has 2 fully saturated rings. The Hall–Kier alpha value is -1.60. The summed E-state index contributed by atoms with van der Waals surface area (Å²) in [6.07, 6.45) is 5.90. The van der Waals surface area contributed by atoms with Crippen molar-refractivity contribution in [1.29, 1.82) is 0 Å². The molecule has 5 nitrogen and oxygen atoms in total. The van der Waals surface area contributed by atoms with E-state index in [1.807, 2.05) is 24.3 Å². The summed E-state index contributed by atoms with van der Waals surface area (Å²) in [7, 11) is 0. The predicted octanol–water partition coefficient (Wildman–Crippen LogP) is 3.89. The number of likely N-dealkylation sites (tertiary alicyclic amines) is 1. The fourth-order valence-electron chi connectivity index (χ4n) is 2.93. The van der Waals surface area contributed by atoms with Gasteiger partial charge in [0.25, 0.3) is 11.1 Å². The predicted molar refractivity (Wildman–Crippen MR) is 102 cm³/mol. The van der Waals surface area contributed by atoms with E-state index in [1.54, 1.807) is 11.0 Å². The van der Waals surface area contributed by atoms with Crippen LogP contribution in [0.4, 0.5) is 4.79 Å². The van der Waals surface area contributed by atoms with E-state index in [4.69, 9.17) is 0 Å². The monoisotopic (exact) mass is 422 g/mol. The number of nitrogens with zero attached hydrogens (tertiary/aromatic N) is 2. The van der Waals surface area contributed by atoms with Crippen LogP contribution in [0.15, 0.2) is 33.6 Å². The zero-order chi connectivity index (χ0) is 17.8. The van der Waals surface area contributed by atoms with E-state index < -0.39 is 5.91 Å². The Morgan fingerprint density at radius 1 is 1.12 bits per heavy atom. The van der Waals surface area contributed by atoms with Crippen molar-refractivity contribution in [2.45, 2.75) is 25.7 Å². The first-order valence-electron chi connectivity index (χ1n) is 8.34. The van der Waals surface area contributed by atoms with Gasteiger partial charge in [0.1, 0.15) is 6.54 Å². The molecule has 2 aliphatic rings. The van der Waals surface area contributed by atoms with Gasteiger partial charge in [0.15, 0.2) is 0 Å². The summed E-state index contributed by atoms with van der Waals surface area (Å²) < 4.78 is 0.849. The van der Waals surface area contributed by atoms with Crippen LogP contribution < -0.4 is 0 Å². The van der Waals surface area contributed by atoms with Gasteiger partial charge >= 0.3 is 0 Å². The molecule has 132 valence electrons. The molecule has 0 saturated carbocycles. The topological polar surface area (TPSA) is 57.7 Å². The van der Waals surface area contributed by atoms with E-state index in [1.165, 1.54) is 0 Å². The standard InChI is InChI=1S/C18H19BrN2O3S/c19-14-8-4-3-7-13(14)11-15-17(23)21(18(24)25-15)12-16(22)20-9-5-1-2-6-10-20/h3-4,7-8,11H,1-2,5-6,9-10,12H2. The second-order valence-corrected chi connectivity index (χ2v) is 7.93. The highest BCUT2D eigenvalue weighted by atomic mass is 79.9. The van der Waals surface area contributed by atoms with Crippen molar-refractivity contribution in [3.05, 3.63) is 39.2 Å². The Morgan fingerprint density at radius 2 is 1.80 bits per heavy atom. The van der Waals surface area contributed by atoms with Gasteiger partial charge in [0.2, 0.25) is 5.91 Å². The molecule has 2 aliphatic heterocycles. The highest BCUT2D eigenvalue weighted by molar-refractivity contribution is 9.10. The molecule has 0 bridgehead atoms. The Morgan fingerprint density at radius 3 is 2.48 bits per heavy atom. The number of imide groups is 1. The Kier molecular flexibility index (Phi) is 5.96. The molecule has 0 unspecified atom stereocenters. The number of rotatable bonds is 3. The van der Waals surface area contributed by atoms with E-state index >= 15 is 0 Å². The van der Waals surface area contributed by atoms with Crippen molar-refractivity contribution < 1.29 is 14.4 Å². The van der Waals surface area contributed by atoms with Gasteiger partial charge in [-0.1, -0.05) is 47.0 Å². The molecule has 25 heavy (non-hydrogen) atoms. The van der Waals surface area contributed by atoms with Crippen LogP contribution in [0, 0.1) is 0 Å². The van der Waals surface area contributed by atoms with Gasteiger partial charge in [-0.3, -0.25) is 19.3 Å². The minimum absolute atomic E-state index is 0.147. The average Bonchev–Trinajstić information content (AvgIpc) is 2.80. The Bertz CT molecular complexity index is 727. The van der Waals surface area contributed by atoms with Gasteiger partial charge in [-0.15, -0.1) is 0 Å². The van der Waals surface area contributed by atoms with Crippen molar-refractivity contribution >= 4 is 50.8 Å². The van der Waals surface area contributed by atoms with Gasteiger partial charge in [-0.25, -0.2) is 0 Å². The molecule has 0 spiro atoms. The molecule has 3 amide bonds. The van der Waals surface area contributed by atoms with Gasteiger partial charge in [-0.2, -0.15) is 0 Å². The molecular formula is C18H19BrN2O3S. The van der Waals surface area contributed by atoms with E-state index in [0.29, 0.717) is 18.0 Å². The van der Waals surface area contributed by atoms with E-state index in [2.05, 4.69) is 15.9 Å². The van der Waals surface area contributed by atoms with Crippen LogP contribution in [-0.4, -0.2) is 46.5 Å². The lowest BCUT2D eigenvalue weighted by Crippen LogP contribution is -2.42.